The van der Waals surface area contributed by atoms with Gasteiger partial charge < -0.3 is 15.5 Å². The number of benzene rings is 1. The number of urea groups is 1. The van der Waals surface area contributed by atoms with Gasteiger partial charge in [0, 0.05) is 19.6 Å². The van der Waals surface area contributed by atoms with E-state index in [1.165, 1.54) is 25.7 Å². The fourth-order valence-corrected chi connectivity index (χ4v) is 2.73. The number of hydrogen-bond acceptors (Lipinski definition) is 2. The van der Waals surface area contributed by atoms with Crippen molar-refractivity contribution in [3.05, 3.63) is 24.3 Å². The van der Waals surface area contributed by atoms with Crippen molar-refractivity contribution < 1.29 is 4.79 Å². The summed E-state index contributed by atoms with van der Waals surface area (Å²) < 4.78 is 0. The van der Waals surface area contributed by atoms with E-state index in [2.05, 4.69) is 28.5 Å². The summed E-state index contributed by atoms with van der Waals surface area (Å²) in [5.41, 5.74) is 2.05. The van der Waals surface area contributed by atoms with Crippen molar-refractivity contribution in [1.82, 2.24) is 5.32 Å². The average Bonchev–Trinajstić information content (AvgIpc) is 2.53. The Morgan fingerprint density at radius 3 is 2.67 bits per heavy atom. The van der Waals surface area contributed by atoms with E-state index in [-0.39, 0.29) is 6.03 Å². The van der Waals surface area contributed by atoms with E-state index >= 15 is 0 Å². The number of amides is 2. The Kier molecular flexibility index (Phi) is 6.38. The lowest BCUT2D eigenvalue weighted by Gasteiger charge is -2.30. The second-order valence-corrected chi connectivity index (χ2v) is 5.65. The Morgan fingerprint density at radius 1 is 1.14 bits per heavy atom. The number of hydrogen-bond donors (Lipinski definition) is 2. The fraction of sp³-hybridized carbons (Fsp3) is 0.588. The van der Waals surface area contributed by atoms with Crippen LogP contribution in [0.1, 0.15) is 45.4 Å². The highest BCUT2D eigenvalue weighted by atomic mass is 16.2. The molecule has 1 aromatic rings. The number of carbonyl (C=O) groups excluding carboxylic acids is 1. The molecule has 0 saturated carbocycles. The van der Waals surface area contributed by atoms with Gasteiger partial charge in [-0.2, -0.15) is 0 Å². The van der Waals surface area contributed by atoms with Crippen molar-refractivity contribution in [3.63, 3.8) is 0 Å². The van der Waals surface area contributed by atoms with Gasteiger partial charge in [0.15, 0.2) is 0 Å². The molecule has 21 heavy (non-hydrogen) atoms. The van der Waals surface area contributed by atoms with E-state index in [0.717, 1.165) is 43.9 Å². The molecule has 0 radical (unpaired) electrons. The van der Waals surface area contributed by atoms with Crippen molar-refractivity contribution >= 4 is 17.4 Å². The molecule has 0 bridgehead atoms. The van der Waals surface area contributed by atoms with Crippen LogP contribution in [0, 0.1) is 0 Å². The Bertz CT molecular complexity index is 441. The van der Waals surface area contributed by atoms with Crippen molar-refractivity contribution in [2.75, 3.05) is 29.9 Å². The predicted octanol–water partition coefficient (Wildman–Crippen LogP) is 3.99. The van der Waals surface area contributed by atoms with Crippen LogP contribution in [0.3, 0.4) is 0 Å². The number of rotatable bonds is 6. The molecule has 1 heterocycles. The first-order chi connectivity index (χ1) is 10.3. The van der Waals surface area contributed by atoms with Crippen LogP contribution in [-0.2, 0) is 0 Å². The molecule has 1 fully saturated rings. The number of piperidine rings is 1. The number of anilines is 2. The summed E-state index contributed by atoms with van der Waals surface area (Å²) >= 11 is 0. The first-order valence-electron chi connectivity index (χ1n) is 8.20. The highest BCUT2D eigenvalue weighted by Gasteiger charge is 2.15. The lowest BCUT2D eigenvalue weighted by atomic mass is 10.1. The third kappa shape index (κ3) is 4.96. The minimum Gasteiger partial charge on any atom is -0.370 e. The summed E-state index contributed by atoms with van der Waals surface area (Å²) in [5, 5.41) is 5.92. The van der Waals surface area contributed by atoms with E-state index in [9.17, 15) is 4.79 Å². The van der Waals surface area contributed by atoms with Crippen LogP contribution in [-0.4, -0.2) is 25.7 Å². The second-order valence-electron chi connectivity index (χ2n) is 5.65. The Hall–Kier alpha value is -1.71. The molecule has 4 nitrogen and oxygen atoms in total. The Morgan fingerprint density at radius 2 is 1.90 bits per heavy atom. The van der Waals surface area contributed by atoms with Crippen LogP contribution in [0.4, 0.5) is 16.2 Å². The minimum absolute atomic E-state index is 0.101. The van der Waals surface area contributed by atoms with Gasteiger partial charge in [-0.05, 0) is 37.8 Å². The van der Waals surface area contributed by atoms with Gasteiger partial charge in [0.1, 0.15) is 0 Å². The highest BCUT2D eigenvalue weighted by molar-refractivity contribution is 5.93. The number of para-hydroxylation sites is 2. The highest BCUT2D eigenvalue weighted by Crippen LogP contribution is 2.28. The number of nitrogens with one attached hydrogen (secondary N) is 2. The van der Waals surface area contributed by atoms with E-state index in [0.29, 0.717) is 0 Å². The van der Waals surface area contributed by atoms with Crippen LogP contribution in [0.25, 0.3) is 0 Å². The van der Waals surface area contributed by atoms with Gasteiger partial charge in [-0.25, -0.2) is 4.79 Å². The summed E-state index contributed by atoms with van der Waals surface area (Å²) in [4.78, 5) is 14.3. The molecule has 1 aliphatic heterocycles. The predicted molar refractivity (Wildman–Crippen MR) is 89.1 cm³/mol. The third-order valence-corrected chi connectivity index (χ3v) is 3.91. The molecule has 4 heteroatoms. The SMILES string of the molecule is CCCCCNC(=O)Nc1ccccc1N1CCCCC1. The average molecular weight is 289 g/mol. The normalized spacial score (nSPS) is 14.8. The lowest BCUT2D eigenvalue weighted by molar-refractivity contribution is 0.252. The number of nitrogens with zero attached hydrogens (tertiary/aromatic N) is 1. The molecular weight excluding hydrogens is 262 g/mol. The van der Waals surface area contributed by atoms with Crippen molar-refractivity contribution in [3.8, 4) is 0 Å². The molecular formula is C17H27N3O. The van der Waals surface area contributed by atoms with E-state index in [4.69, 9.17) is 0 Å². The molecule has 2 rings (SSSR count). The van der Waals surface area contributed by atoms with Crippen molar-refractivity contribution in [2.45, 2.75) is 45.4 Å². The molecule has 0 aliphatic carbocycles. The van der Waals surface area contributed by atoms with Gasteiger partial charge in [-0.3, -0.25) is 0 Å². The zero-order valence-electron chi connectivity index (χ0n) is 13.0. The van der Waals surface area contributed by atoms with E-state index in [1.54, 1.807) is 0 Å². The Labute approximate surface area is 127 Å². The van der Waals surface area contributed by atoms with E-state index < -0.39 is 0 Å². The molecule has 2 amide bonds. The van der Waals surface area contributed by atoms with Crippen molar-refractivity contribution in [2.24, 2.45) is 0 Å². The summed E-state index contributed by atoms with van der Waals surface area (Å²) in [6, 6.07) is 7.98. The van der Waals surface area contributed by atoms with Crippen LogP contribution in [0.2, 0.25) is 0 Å². The van der Waals surface area contributed by atoms with Crippen LogP contribution in [0.15, 0.2) is 24.3 Å². The molecule has 1 aromatic carbocycles. The quantitative estimate of drug-likeness (QED) is 0.778. The van der Waals surface area contributed by atoms with Crippen LogP contribution < -0.4 is 15.5 Å². The van der Waals surface area contributed by atoms with Crippen LogP contribution >= 0.6 is 0 Å². The van der Waals surface area contributed by atoms with Gasteiger partial charge in [0.2, 0.25) is 0 Å². The first-order valence-corrected chi connectivity index (χ1v) is 8.20. The number of unbranched alkanes of at least 4 members (excludes halogenated alkanes) is 2. The summed E-state index contributed by atoms with van der Waals surface area (Å²) in [5.74, 6) is 0. The molecule has 0 unspecified atom stereocenters. The topological polar surface area (TPSA) is 44.4 Å². The molecule has 1 saturated heterocycles. The smallest absolute Gasteiger partial charge is 0.319 e. The maximum atomic E-state index is 12.0. The van der Waals surface area contributed by atoms with Gasteiger partial charge in [0.05, 0.1) is 11.4 Å². The van der Waals surface area contributed by atoms with E-state index in [1.807, 2.05) is 18.2 Å². The van der Waals surface area contributed by atoms with Gasteiger partial charge >= 0.3 is 6.03 Å². The van der Waals surface area contributed by atoms with Gasteiger partial charge in [-0.1, -0.05) is 31.9 Å². The number of carbonyl (C=O) groups is 1. The van der Waals surface area contributed by atoms with Gasteiger partial charge in [-0.15, -0.1) is 0 Å². The summed E-state index contributed by atoms with van der Waals surface area (Å²) in [6.45, 7) is 5.06. The zero-order valence-corrected chi connectivity index (χ0v) is 13.0. The molecule has 116 valence electrons. The zero-order chi connectivity index (χ0) is 14.9. The summed E-state index contributed by atoms with van der Waals surface area (Å²) in [7, 11) is 0. The first kappa shape index (κ1) is 15.7. The maximum Gasteiger partial charge on any atom is 0.319 e. The molecule has 2 N–H and O–H groups in total. The fourth-order valence-electron chi connectivity index (χ4n) is 2.73. The monoisotopic (exact) mass is 289 g/mol. The largest absolute Gasteiger partial charge is 0.370 e. The Balaban J connectivity index is 1.91. The maximum absolute atomic E-state index is 12.0. The lowest BCUT2D eigenvalue weighted by Crippen LogP contribution is -2.33. The summed E-state index contributed by atoms with van der Waals surface area (Å²) in [6.07, 6.45) is 7.14. The molecule has 0 aromatic heterocycles. The standard InChI is InChI=1S/C17H27N3O/c1-2-3-7-12-18-17(21)19-15-10-5-6-11-16(15)20-13-8-4-9-14-20/h5-6,10-11H,2-4,7-9,12-14H2,1H3,(H2,18,19,21). The van der Waals surface area contributed by atoms with Gasteiger partial charge in [0.25, 0.3) is 0 Å². The molecule has 0 atom stereocenters. The molecule has 1 aliphatic rings. The second kappa shape index (κ2) is 8.55. The third-order valence-electron chi connectivity index (χ3n) is 3.91. The van der Waals surface area contributed by atoms with Crippen LogP contribution in [0.5, 0.6) is 0 Å². The van der Waals surface area contributed by atoms with Crippen molar-refractivity contribution in [1.29, 1.82) is 0 Å². The minimum atomic E-state index is -0.101. The molecule has 0 spiro atoms.